The topological polar surface area (TPSA) is 16.1 Å². The fraction of sp³-hybridized carbons (Fsp3) is 0.615. The molecule has 2 atom stereocenters. The van der Waals surface area contributed by atoms with Crippen molar-refractivity contribution in [2.24, 2.45) is 11.8 Å². The summed E-state index contributed by atoms with van der Waals surface area (Å²) < 4.78 is 13.4. The van der Waals surface area contributed by atoms with Crippen LogP contribution in [0.5, 0.6) is 0 Å². The third-order valence-electron chi connectivity index (χ3n) is 3.17. The van der Waals surface area contributed by atoms with Crippen molar-refractivity contribution in [1.82, 2.24) is 9.88 Å². The van der Waals surface area contributed by atoms with Gasteiger partial charge in [-0.05, 0) is 24.3 Å². The number of halogens is 1. The largest absolute Gasteiger partial charge is 0.298 e. The molecule has 1 aromatic heterocycles. The molecule has 1 aromatic rings. The van der Waals surface area contributed by atoms with Gasteiger partial charge in [-0.3, -0.25) is 4.90 Å². The Morgan fingerprint density at radius 1 is 1.38 bits per heavy atom. The molecule has 0 radical (unpaired) electrons. The minimum Gasteiger partial charge on any atom is -0.298 e. The third-order valence-corrected chi connectivity index (χ3v) is 3.17. The molecule has 2 unspecified atom stereocenters. The highest BCUT2D eigenvalue weighted by molar-refractivity contribution is 5.10. The molecule has 2 rings (SSSR count). The first-order valence-electron chi connectivity index (χ1n) is 5.97. The molecule has 0 bridgehead atoms. The van der Waals surface area contributed by atoms with Crippen LogP contribution in [0.15, 0.2) is 18.3 Å². The second kappa shape index (κ2) is 4.91. The van der Waals surface area contributed by atoms with Crippen molar-refractivity contribution in [2.45, 2.75) is 26.8 Å². The predicted molar refractivity (Wildman–Crippen MR) is 62.4 cm³/mol. The maximum absolute atomic E-state index is 13.4. The molecule has 1 aliphatic heterocycles. The molecule has 0 aromatic carbocycles. The molecule has 0 saturated carbocycles. The van der Waals surface area contributed by atoms with Crippen molar-refractivity contribution in [3.8, 4) is 0 Å². The minimum absolute atomic E-state index is 0.326. The van der Waals surface area contributed by atoms with E-state index in [-0.39, 0.29) is 5.95 Å². The van der Waals surface area contributed by atoms with E-state index in [9.17, 15) is 4.39 Å². The smallest absolute Gasteiger partial charge is 0.217 e. The molecule has 2 nitrogen and oxygen atoms in total. The molecule has 3 heteroatoms. The second-order valence-electron chi connectivity index (χ2n) is 5.09. The SMILES string of the molecule is CC1CC(C)CN(Cc2cccnc2F)C1. The first-order valence-corrected chi connectivity index (χ1v) is 5.97. The lowest BCUT2D eigenvalue weighted by molar-refractivity contribution is 0.132. The number of nitrogens with zero attached hydrogens (tertiary/aromatic N) is 2. The molecule has 16 heavy (non-hydrogen) atoms. The lowest BCUT2D eigenvalue weighted by Gasteiger charge is -2.34. The van der Waals surface area contributed by atoms with Crippen molar-refractivity contribution in [1.29, 1.82) is 0 Å². The van der Waals surface area contributed by atoms with E-state index in [0.29, 0.717) is 23.9 Å². The summed E-state index contributed by atoms with van der Waals surface area (Å²) in [4.78, 5) is 6.02. The molecule has 0 spiro atoms. The molecule has 1 aliphatic rings. The van der Waals surface area contributed by atoms with Crippen LogP contribution in [0.25, 0.3) is 0 Å². The Labute approximate surface area is 96.5 Å². The molecule has 1 fully saturated rings. The van der Waals surface area contributed by atoms with Gasteiger partial charge in [-0.1, -0.05) is 19.9 Å². The summed E-state index contributed by atoms with van der Waals surface area (Å²) in [5, 5.41) is 0. The summed E-state index contributed by atoms with van der Waals surface area (Å²) in [5.41, 5.74) is 0.712. The molecular formula is C13H19FN2. The Morgan fingerprint density at radius 2 is 2.06 bits per heavy atom. The van der Waals surface area contributed by atoms with Crippen LogP contribution in [0, 0.1) is 17.8 Å². The van der Waals surface area contributed by atoms with Crippen molar-refractivity contribution in [3.05, 3.63) is 29.8 Å². The van der Waals surface area contributed by atoms with Crippen molar-refractivity contribution < 1.29 is 4.39 Å². The maximum atomic E-state index is 13.4. The average molecular weight is 222 g/mol. The highest BCUT2D eigenvalue weighted by Gasteiger charge is 2.22. The summed E-state index contributed by atoms with van der Waals surface area (Å²) in [6, 6.07) is 3.63. The Balaban J connectivity index is 2.02. The van der Waals surface area contributed by atoms with Crippen LogP contribution >= 0.6 is 0 Å². The number of likely N-dealkylation sites (tertiary alicyclic amines) is 1. The van der Waals surface area contributed by atoms with Crippen LogP contribution in [0.1, 0.15) is 25.8 Å². The van der Waals surface area contributed by atoms with Gasteiger partial charge in [0.05, 0.1) is 0 Å². The molecule has 2 heterocycles. The Morgan fingerprint density at radius 3 is 2.69 bits per heavy atom. The summed E-state index contributed by atoms with van der Waals surface area (Å²) in [6.07, 6.45) is 2.78. The molecule has 88 valence electrons. The fourth-order valence-corrected chi connectivity index (χ4v) is 2.70. The zero-order chi connectivity index (χ0) is 11.5. The third kappa shape index (κ3) is 2.79. The van der Waals surface area contributed by atoms with Gasteiger partial charge < -0.3 is 0 Å². The zero-order valence-corrected chi connectivity index (χ0v) is 9.99. The summed E-state index contributed by atoms with van der Waals surface area (Å²) in [7, 11) is 0. The van der Waals surface area contributed by atoms with Crippen LogP contribution in [-0.4, -0.2) is 23.0 Å². The Bertz CT molecular complexity index is 344. The molecule has 0 amide bonds. The van der Waals surface area contributed by atoms with E-state index >= 15 is 0 Å². The van der Waals surface area contributed by atoms with Crippen LogP contribution in [0.2, 0.25) is 0 Å². The molecule has 0 N–H and O–H groups in total. The van der Waals surface area contributed by atoms with Gasteiger partial charge >= 0.3 is 0 Å². The van der Waals surface area contributed by atoms with Gasteiger partial charge in [0.1, 0.15) is 0 Å². The number of piperidine rings is 1. The monoisotopic (exact) mass is 222 g/mol. The van der Waals surface area contributed by atoms with Crippen LogP contribution in [-0.2, 0) is 6.54 Å². The van der Waals surface area contributed by atoms with E-state index < -0.39 is 0 Å². The summed E-state index contributed by atoms with van der Waals surface area (Å²) in [5.74, 6) is 1.10. The molecule has 1 saturated heterocycles. The first kappa shape index (κ1) is 11.5. The maximum Gasteiger partial charge on any atom is 0.217 e. The number of hydrogen-bond donors (Lipinski definition) is 0. The summed E-state index contributed by atoms with van der Waals surface area (Å²) in [6.45, 7) is 7.36. The van der Waals surface area contributed by atoms with Crippen molar-refractivity contribution in [3.63, 3.8) is 0 Å². The number of rotatable bonds is 2. The number of pyridine rings is 1. The van der Waals surface area contributed by atoms with Crippen LogP contribution in [0.4, 0.5) is 4.39 Å². The van der Waals surface area contributed by atoms with Crippen LogP contribution in [0.3, 0.4) is 0 Å². The average Bonchev–Trinajstić information content (AvgIpc) is 2.20. The summed E-state index contributed by atoms with van der Waals surface area (Å²) >= 11 is 0. The van der Waals surface area contributed by atoms with Crippen molar-refractivity contribution >= 4 is 0 Å². The highest BCUT2D eigenvalue weighted by Crippen LogP contribution is 2.22. The Kier molecular flexibility index (Phi) is 3.54. The van der Waals surface area contributed by atoms with Crippen LogP contribution < -0.4 is 0 Å². The van der Waals surface area contributed by atoms with E-state index in [4.69, 9.17) is 0 Å². The van der Waals surface area contributed by atoms with E-state index in [1.807, 2.05) is 6.07 Å². The molecular weight excluding hydrogens is 203 g/mol. The molecule has 0 aliphatic carbocycles. The Hall–Kier alpha value is -0.960. The second-order valence-corrected chi connectivity index (χ2v) is 5.09. The van der Waals surface area contributed by atoms with Gasteiger partial charge in [-0.25, -0.2) is 4.98 Å². The lowest BCUT2D eigenvalue weighted by atomic mass is 9.92. The highest BCUT2D eigenvalue weighted by atomic mass is 19.1. The van der Waals surface area contributed by atoms with Gasteiger partial charge in [0, 0.05) is 31.4 Å². The zero-order valence-electron chi connectivity index (χ0n) is 9.99. The van der Waals surface area contributed by atoms with Gasteiger partial charge in [0.15, 0.2) is 0 Å². The van der Waals surface area contributed by atoms with E-state index in [2.05, 4.69) is 23.7 Å². The van der Waals surface area contributed by atoms with E-state index in [0.717, 1.165) is 13.1 Å². The minimum atomic E-state index is -0.326. The first-order chi connectivity index (χ1) is 7.65. The number of hydrogen-bond acceptors (Lipinski definition) is 2. The fourth-order valence-electron chi connectivity index (χ4n) is 2.70. The van der Waals surface area contributed by atoms with Crippen molar-refractivity contribution in [2.75, 3.05) is 13.1 Å². The van der Waals surface area contributed by atoms with Gasteiger partial charge in [0.25, 0.3) is 0 Å². The predicted octanol–water partition coefficient (Wildman–Crippen LogP) is 2.70. The number of aromatic nitrogens is 1. The van der Waals surface area contributed by atoms with Gasteiger partial charge in [-0.15, -0.1) is 0 Å². The standard InChI is InChI=1S/C13H19FN2/c1-10-6-11(2)8-16(7-10)9-12-4-3-5-15-13(12)14/h3-5,10-11H,6-9H2,1-2H3. The van der Waals surface area contributed by atoms with Gasteiger partial charge in [0.2, 0.25) is 5.95 Å². The normalized spacial score (nSPS) is 26.9. The van der Waals surface area contributed by atoms with Gasteiger partial charge in [-0.2, -0.15) is 4.39 Å². The van der Waals surface area contributed by atoms with E-state index in [1.54, 1.807) is 6.07 Å². The lowest BCUT2D eigenvalue weighted by Crippen LogP contribution is -2.38. The quantitative estimate of drug-likeness (QED) is 0.715. The van der Waals surface area contributed by atoms with E-state index in [1.165, 1.54) is 12.6 Å².